The van der Waals surface area contributed by atoms with Crippen LogP contribution in [0.4, 0.5) is 5.69 Å². The lowest BCUT2D eigenvalue weighted by atomic mass is 9.74. The van der Waals surface area contributed by atoms with Gasteiger partial charge in [0.2, 0.25) is 17.7 Å². The predicted molar refractivity (Wildman–Crippen MR) is 159 cm³/mol. The van der Waals surface area contributed by atoms with E-state index >= 15 is 0 Å². The molecule has 0 aromatic heterocycles. The third kappa shape index (κ3) is 5.31. The van der Waals surface area contributed by atoms with Gasteiger partial charge in [0.1, 0.15) is 17.4 Å². The summed E-state index contributed by atoms with van der Waals surface area (Å²) in [5.41, 5.74) is 0.619. The van der Waals surface area contributed by atoms with Gasteiger partial charge < -0.3 is 29.9 Å². The van der Waals surface area contributed by atoms with Crippen molar-refractivity contribution in [1.29, 1.82) is 0 Å². The van der Waals surface area contributed by atoms with Crippen molar-refractivity contribution in [3.8, 4) is 5.75 Å². The number of ether oxygens (including phenoxy) is 2. The van der Waals surface area contributed by atoms with Gasteiger partial charge >= 0.3 is 0 Å². The van der Waals surface area contributed by atoms with Crippen molar-refractivity contribution in [3.05, 3.63) is 72.3 Å². The third-order valence-corrected chi connectivity index (χ3v) is 9.25. The Bertz CT molecular complexity index is 1330. The Hall–Kier alpha value is -3.69. The molecule has 1 aliphatic carbocycles. The van der Waals surface area contributed by atoms with Gasteiger partial charge in [0.05, 0.1) is 25.0 Å². The first-order valence-corrected chi connectivity index (χ1v) is 15.0. The molecular weight excluding hydrogens is 532 g/mol. The highest BCUT2D eigenvalue weighted by Gasteiger charge is 2.72. The Kier molecular flexibility index (Phi) is 8.05. The molecule has 2 aromatic carbocycles. The number of methoxy groups -OCH3 is 1. The number of hydrogen-bond acceptors (Lipinski definition) is 6. The molecule has 6 rings (SSSR count). The summed E-state index contributed by atoms with van der Waals surface area (Å²) in [6.07, 6.45) is 8.39. The number of carbonyl (C=O) groups excluding carboxylic acids is 3. The molecule has 9 heteroatoms. The zero-order chi connectivity index (χ0) is 29.3. The van der Waals surface area contributed by atoms with Crippen LogP contribution in [0.1, 0.15) is 37.7 Å². The lowest BCUT2D eigenvalue weighted by Gasteiger charge is -2.34. The van der Waals surface area contributed by atoms with E-state index < -0.39 is 29.6 Å². The number of benzene rings is 2. The van der Waals surface area contributed by atoms with Crippen LogP contribution in [0.5, 0.6) is 5.75 Å². The summed E-state index contributed by atoms with van der Waals surface area (Å²) in [6, 6.07) is 16.5. The van der Waals surface area contributed by atoms with Crippen LogP contribution >= 0.6 is 0 Å². The molecule has 9 nitrogen and oxygen atoms in total. The van der Waals surface area contributed by atoms with E-state index in [1.54, 1.807) is 36.3 Å². The topological polar surface area (TPSA) is 100 Å². The number of rotatable bonds is 10. The molecule has 2 saturated heterocycles. The van der Waals surface area contributed by atoms with Crippen LogP contribution in [0.25, 0.3) is 0 Å². The average Bonchev–Trinajstić information content (AvgIpc) is 3.64. The van der Waals surface area contributed by atoms with Gasteiger partial charge in [0.15, 0.2) is 0 Å². The van der Waals surface area contributed by atoms with E-state index in [4.69, 9.17) is 9.47 Å². The SMILES string of the molecule is COc1ccc(NC(=O)[C@H]2[C@@H]3C=C[C@]4(O3)[C@@H]2C(=O)N(CCN(C)Cc2ccccc2)[C@@H]4C(=O)NC2CCCCC2)cc1. The first kappa shape index (κ1) is 28.4. The predicted octanol–water partition coefficient (Wildman–Crippen LogP) is 3.37. The minimum absolute atomic E-state index is 0.0937. The monoisotopic (exact) mass is 572 g/mol. The number of anilines is 1. The first-order chi connectivity index (χ1) is 20.4. The lowest BCUT2D eigenvalue weighted by Crippen LogP contribution is -2.57. The van der Waals surface area contributed by atoms with Crippen molar-refractivity contribution in [1.82, 2.24) is 15.1 Å². The van der Waals surface area contributed by atoms with Crippen molar-refractivity contribution in [2.75, 3.05) is 32.6 Å². The molecule has 42 heavy (non-hydrogen) atoms. The van der Waals surface area contributed by atoms with Crippen molar-refractivity contribution in [3.63, 3.8) is 0 Å². The Morgan fingerprint density at radius 1 is 1.05 bits per heavy atom. The van der Waals surface area contributed by atoms with Gasteiger partial charge in [-0.1, -0.05) is 61.7 Å². The minimum Gasteiger partial charge on any atom is -0.497 e. The molecule has 3 aliphatic heterocycles. The second-order valence-electron chi connectivity index (χ2n) is 12.0. The van der Waals surface area contributed by atoms with Crippen LogP contribution in [0, 0.1) is 11.8 Å². The summed E-state index contributed by atoms with van der Waals surface area (Å²) in [6.45, 7) is 1.66. The van der Waals surface area contributed by atoms with Crippen LogP contribution in [0.2, 0.25) is 0 Å². The molecule has 5 atom stereocenters. The van der Waals surface area contributed by atoms with E-state index in [0.29, 0.717) is 24.5 Å². The minimum atomic E-state index is -1.17. The van der Waals surface area contributed by atoms with Crippen LogP contribution < -0.4 is 15.4 Å². The molecule has 222 valence electrons. The van der Waals surface area contributed by atoms with E-state index in [-0.39, 0.29) is 23.8 Å². The van der Waals surface area contributed by atoms with Gasteiger partial charge in [-0.15, -0.1) is 0 Å². The highest BCUT2D eigenvalue weighted by Crippen LogP contribution is 2.55. The van der Waals surface area contributed by atoms with Crippen LogP contribution in [0.15, 0.2) is 66.7 Å². The van der Waals surface area contributed by atoms with E-state index in [2.05, 4.69) is 27.7 Å². The largest absolute Gasteiger partial charge is 0.497 e. The van der Waals surface area contributed by atoms with Crippen molar-refractivity contribution >= 4 is 23.4 Å². The highest BCUT2D eigenvalue weighted by molar-refractivity contribution is 6.02. The average molecular weight is 573 g/mol. The van der Waals surface area contributed by atoms with Gasteiger partial charge in [-0.2, -0.15) is 0 Å². The summed E-state index contributed by atoms with van der Waals surface area (Å²) >= 11 is 0. The number of likely N-dealkylation sites (tertiary alicyclic amines) is 1. The summed E-state index contributed by atoms with van der Waals surface area (Å²) in [7, 11) is 3.60. The molecular formula is C33H40N4O5. The van der Waals surface area contributed by atoms with E-state index in [9.17, 15) is 14.4 Å². The van der Waals surface area contributed by atoms with Crippen molar-refractivity contribution in [2.24, 2.45) is 11.8 Å². The van der Waals surface area contributed by atoms with Crippen LogP contribution in [-0.2, 0) is 25.7 Å². The number of fused-ring (bicyclic) bond motifs is 1. The summed E-state index contributed by atoms with van der Waals surface area (Å²) in [5, 5.41) is 6.22. The fourth-order valence-corrected chi connectivity index (χ4v) is 7.19. The number of nitrogens with one attached hydrogen (secondary N) is 2. The number of carbonyl (C=O) groups is 3. The van der Waals surface area contributed by atoms with Gasteiger partial charge in [0, 0.05) is 31.4 Å². The quantitative estimate of drug-likeness (QED) is 0.424. The van der Waals surface area contributed by atoms with E-state index in [1.165, 1.54) is 12.0 Å². The fourth-order valence-electron chi connectivity index (χ4n) is 7.19. The molecule has 0 unspecified atom stereocenters. The third-order valence-electron chi connectivity index (χ3n) is 9.25. The maximum atomic E-state index is 14.2. The number of hydrogen-bond donors (Lipinski definition) is 2. The Labute approximate surface area is 247 Å². The Morgan fingerprint density at radius 3 is 2.50 bits per heavy atom. The van der Waals surface area contributed by atoms with E-state index in [0.717, 1.165) is 32.2 Å². The maximum Gasteiger partial charge on any atom is 0.246 e. The maximum absolute atomic E-state index is 14.2. The molecule has 2 bridgehead atoms. The molecule has 1 spiro atoms. The fraction of sp³-hybridized carbons (Fsp3) is 0.485. The zero-order valence-corrected chi connectivity index (χ0v) is 24.3. The molecule has 0 radical (unpaired) electrons. The zero-order valence-electron chi connectivity index (χ0n) is 24.3. The summed E-state index contributed by atoms with van der Waals surface area (Å²) in [5.74, 6) is -1.50. The van der Waals surface area contributed by atoms with Crippen LogP contribution in [-0.4, -0.2) is 78.6 Å². The number of amides is 3. The molecule has 3 heterocycles. The molecule has 2 N–H and O–H groups in total. The van der Waals surface area contributed by atoms with Gasteiger partial charge in [-0.25, -0.2) is 0 Å². The normalized spacial score (nSPS) is 28.3. The molecule has 3 amide bonds. The van der Waals surface area contributed by atoms with E-state index in [1.807, 2.05) is 37.4 Å². The molecule has 2 aromatic rings. The number of nitrogens with zero attached hydrogens (tertiary/aromatic N) is 2. The first-order valence-electron chi connectivity index (χ1n) is 15.0. The number of likely N-dealkylation sites (N-methyl/N-ethyl adjacent to an activating group) is 1. The standard InChI is InChI=1S/C33H40N4O5/c1-36(21-22-9-5-3-6-10-22)19-20-37-29(31(39)35-23-11-7-4-8-12-23)33-18-17-26(42-33)27(28(33)32(37)40)30(38)34-24-13-15-25(41-2)16-14-24/h3,5-6,9-10,13-18,23,26-29H,4,7-8,11-12,19-21H2,1-2H3,(H,34,38)(H,35,39)/t26-,27-,28-,29+,33-/m0/s1. The van der Waals surface area contributed by atoms with Gasteiger partial charge in [0.25, 0.3) is 0 Å². The van der Waals surface area contributed by atoms with Gasteiger partial charge in [-0.05, 0) is 49.7 Å². The Balaban J connectivity index is 1.24. The second-order valence-corrected chi connectivity index (χ2v) is 12.0. The summed E-state index contributed by atoms with van der Waals surface area (Å²) < 4.78 is 11.7. The molecule has 3 fully saturated rings. The molecule has 4 aliphatic rings. The highest BCUT2D eigenvalue weighted by atomic mass is 16.5. The Morgan fingerprint density at radius 2 is 1.79 bits per heavy atom. The van der Waals surface area contributed by atoms with Gasteiger partial charge in [-0.3, -0.25) is 14.4 Å². The van der Waals surface area contributed by atoms with Crippen molar-refractivity contribution in [2.45, 2.75) is 62.4 Å². The van der Waals surface area contributed by atoms with Crippen LogP contribution in [0.3, 0.4) is 0 Å². The second kappa shape index (κ2) is 11.9. The lowest BCUT2D eigenvalue weighted by molar-refractivity contribution is -0.141. The smallest absolute Gasteiger partial charge is 0.246 e. The summed E-state index contributed by atoms with van der Waals surface area (Å²) in [4.78, 5) is 45.7. The van der Waals surface area contributed by atoms with Crippen molar-refractivity contribution < 1.29 is 23.9 Å². The molecule has 1 saturated carbocycles.